The maximum atomic E-state index is 12.6. The molecule has 0 radical (unpaired) electrons. The van der Waals surface area contributed by atoms with Crippen LogP contribution in [0.2, 0.25) is 0 Å². The molecule has 1 atom stereocenters. The molecule has 3 aromatic rings. The fourth-order valence-corrected chi connectivity index (χ4v) is 4.48. The van der Waals surface area contributed by atoms with Gasteiger partial charge in [0.15, 0.2) is 0 Å². The van der Waals surface area contributed by atoms with E-state index in [1.54, 1.807) is 11.8 Å². The van der Waals surface area contributed by atoms with Gasteiger partial charge in [0.25, 0.3) is 0 Å². The van der Waals surface area contributed by atoms with Crippen LogP contribution in [0.5, 0.6) is 0 Å². The van der Waals surface area contributed by atoms with Gasteiger partial charge < -0.3 is 5.32 Å². The Morgan fingerprint density at radius 3 is 3.07 bits per heavy atom. The number of hydrogen-bond donors (Lipinski definition) is 2. The molecule has 140 valence electrons. The maximum absolute atomic E-state index is 12.6. The fourth-order valence-electron chi connectivity index (χ4n) is 3.28. The number of rotatable bonds is 5. The molecule has 7 heteroatoms. The molecule has 1 aliphatic heterocycles. The summed E-state index contributed by atoms with van der Waals surface area (Å²) in [5.41, 5.74) is 4.13. The van der Waals surface area contributed by atoms with Crippen molar-refractivity contribution in [2.75, 3.05) is 18.8 Å². The second kappa shape index (κ2) is 8.10. The van der Waals surface area contributed by atoms with E-state index in [2.05, 4.69) is 25.4 Å². The summed E-state index contributed by atoms with van der Waals surface area (Å²) in [6.45, 7) is 5.07. The van der Waals surface area contributed by atoms with Crippen LogP contribution in [-0.4, -0.2) is 50.1 Å². The number of aryl methyl sites for hydroxylation is 1. The highest BCUT2D eigenvalue weighted by Gasteiger charge is 2.26. The summed E-state index contributed by atoms with van der Waals surface area (Å²) in [6.07, 6.45) is 1.87. The Hall–Kier alpha value is -2.38. The van der Waals surface area contributed by atoms with Gasteiger partial charge >= 0.3 is 0 Å². The van der Waals surface area contributed by atoms with Crippen LogP contribution < -0.4 is 5.32 Å². The lowest BCUT2D eigenvalue weighted by Gasteiger charge is -2.31. The third-order valence-corrected chi connectivity index (χ3v) is 6.05. The summed E-state index contributed by atoms with van der Waals surface area (Å²) < 4.78 is 0. The third kappa shape index (κ3) is 4.31. The summed E-state index contributed by atoms with van der Waals surface area (Å²) in [6, 6.07) is 12.0. The number of thioether (sulfide) groups is 1. The minimum absolute atomic E-state index is 0.0496. The minimum Gasteiger partial charge on any atom is -0.349 e. The molecule has 1 saturated heterocycles. The fraction of sp³-hybridized carbons (Fsp3) is 0.350. The summed E-state index contributed by atoms with van der Waals surface area (Å²) in [5, 5.41) is 11.2. The Labute approximate surface area is 162 Å². The van der Waals surface area contributed by atoms with Crippen molar-refractivity contribution in [1.82, 2.24) is 25.4 Å². The Bertz CT molecular complexity index is 941. The van der Waals surface area contributed by atoms with E-state index in [4.69, 9.17) is 0 Å². The van der Waals surface area contributed by atoms with Crippen LogP contribution in [0.25, 0.3) is 10.9 Å². The Balaban J connectivity index is 1.33. The number of nitrogens with one attached hydrogen (secondary N) is 2. The largest absolute Gasteiger partial charge is 0.349 e. The van der Waals surface area contributed by atoms with Gasteiger partial charge in [-0.25, -0.2) is 0 Å². The first-order valence-electron chi connectivity index (χ1n) is 9.14. The molecule has 27 heavy (non-hydrogen) atoms. The van der Waals surface area contributed by atoms with Crippen molar-refractivity contribution in [3.8, 4) is 0 Å². The van der Waals surface area contributed by atoms with E-state index in [-0.39, 0.29) is 11.2 Å². The van der Waals surface area contributed by atoms with Crippen molar-refractivity contribution in [1.29, 1.82) is 0 Å². The van der Waals surface area contributed by atoms with Crippen LogP contribution in [0.1, 0.15) is 17.0 Å². The van der Waals surface area contributed by atoms with Gasteiger partial charge in [0.1, 0.15) is 0 Å². The molecule has 0 saturated carbocycles. The minimum atomic E-state index is -0.0496. The predicted molar refractivity (Wildman–Crippen MR) is 108 cm³/mol. The predicted octanol–water partition coefficient (Wildman–Crippen LogP) is 2.50. The summed E-state index contributed by atoms with van der Waals surface area (Å²) in [7, 11) is 0. The van der Waals surface area contributed by atoms with E-state index in [9.17, 15) is 4.79 Å². The number of carbonyl (C=O) groups is 1. The first-order valence-corrected chi connectivity index (χ1v) is 10.2. The number of amides is 1. The summed E-state index contributed by atoms with van der Waals surface area (Å²) in [4.78, 5) is 19.6. The number of aromatic nitrogens is 3. The molecule has 2 aromatic heterocycles. The average Bonchev–Trinajstić information content (AvgIpc) is 3.10. The molecule has 1 amide bonds. The lowest BCUT2D eigenvalue weighted by molar-refractivity contribution is -0.121. The van der Waals surface area contributed by atoms with Gasteiger partial charge in [-0.3, -0.25) is 19.8 Å². The Morgan fingerprint density at radius 2 is 2.22 bits per heavy atom. The van der Waals surface area contributed by atoms with Crippen molar-refractivity contribution in [3.63, 3.8) is 0 Å². The van der Waals surface area contributed by atoms with Crippen molar-refractivity contribution < 1.29 is 4.79 Å². The SMILES string of the molecule is Cc1[nH]ncc1CN1CCSC(C(=O)NCc2ccc3ccccc3n2)C1. The number of nitrogens with zero attached hydrogens (tertiary/aromatic N) is 3. The number of pyridine rings is 1. The van der Waals surface area contributed by atoms with Crippen LogP contribution in [-0.2, 0) is 17.9 Å². The van der Waals surface area contributed by atoms with Crippen molar-refractivity contribution in [2.24, 2.45) is 0 Å². The van der Waals surface area contributed by atoms with E-state index in [0.717, 1.165) is 47.7 Å². The second-order valence-corrected chi connectivity index (χ2v) is 8.14. The second-order valence-electron chi connectivity index (χ2n) is 6.83. The molecule has 0 aliphatic carbocycles. The van der Waals surface area contributed by atoms with Gasteiger partial charge in [-0.1, -0.05) is 24.3 Å². The van der Waals surface area contributed by atoms with Gasteiger partial charge in [-0.15, -0.1) is 11.8 Å². The lowest BCUT2D eigenvalue weighted by Crippen LogP contribution is -2.45. The highest BCUT2D eigenvalue weighted by atomic mass is 32.2. The molecule has 1 aromatic carbocycles. The van der Waals surface area contributed by atoms with Crippen LogP contribution in [0.15, 0.2) is 42.6 Å². The Kier molecular flexibility index (Phi) is 5.40. The number of carbonyl (C=O) groups excluding carboxylic acids is 1. The number of para-hydroxylation sites is 1. The first kappa shape index (κ1) is 18.0. The number of aromatic amines is 1. The number of benzene rings is 1. The van der Waals surface area contributed by atoms with Gasteiger partial charge in [-0.2, -0.15) is 5.10 Å². The number of H-pyrrole nitrogens is 1. The van der Waals surface area contributed by atoms with Gasteiger partial charge in [-0.05, 0) is 19.1 Å². The zero-order valence-corrected chi connectivity index (χ0v) is 16.1. The van der Waals surface area contributed by atoms with Gasteiger partial charge in [0.2, 0.25) is 5.91 Å². The smallest absolute Gasteiger partial charge is 0.234 e. The zero-order chi connectivity index (χ0) is 18.6. The summed E-state index contributed by atoms with van der Waals surface area (Å²) >= 11 is 1.73. The quantitative estimate of drug-likeness (QED) is 0.710. The normalized spacial score (nSPS) is 17.9. The molecule has 6 nitrogen and oxygen atoms in total. The number of fused-ring (bicyclic) bond motifs is 1. The topological polar surface area (TPSA) is 73.9 Å². The molecule has 0 spiro atoms. The standard InChI is InChI=1S/C20H23N5OS/c1-14-16(10-22-24-14)12-25-8-9-27-19(13-25)20(26)21-11-17-7-6-15-4-2-3-5-18(15)23-17/h2-7,10,19H,8-9,11-13H2,1H3,(H,21,26)(H,22,24). The highest BCUT2D eigenvalue weighted by molar-refractivity contribution is 8.00. The monoisotopic (exact) mass is 381 g/mol. The zero-order valence-electron chi connectivity index (χ0n) is 15.3. The molecular formula is C20H23N5OS. The van der Waals surface area contributed by atoms with E-state index < -0.39 is 0 Å². The molecular weight excluding hydrogens is 358 g/mol. The molecule has 1 fully saturated rings. The highest BCUT2D eigenvalue weighted by Crippen LogP contribution is 2.21. The van der Waals surface area contributed by atoms with E-state index in [1.807, 2.05) is 49.5 Å². The van der Waals surface area contributed by atoms with Crippen molar-refractivity contribution >= 4 is 28.6 Å². The van der Waals surface area contributed by atoms with Gasteiger partial charge in [0, 0.05) is 42.0 Å². The maximum Gasteiger partial charge on any atom is 0.234 e. The van der Waals surface area contributed by atoms with E-state index >= 15 is 0 Å². The molecule has 4 rings (SSSR count). The van der Waals surface area contributed by atoms with Gasteiger partial charge in [0.05, 0.1) is 29.2 Å². The molecule has 0 bridgehead atoms. The first-order chi connectivity index (χ1) is 13.2. The lowest BCUT2D eigenvalue weighted by atomic mass is 10.2. The van der Waals surface area contributed by atoms with Crippen molar-refractivity contribution in [3.05, 3.63) is 59.5 Å². The van der Waals surface area contributed by atoms with Crippen LogP contribution in [0, 0.1) is 6.92 Å². The van der Waals surface area contributed by atoms with E-state index in [1.165, 1.54) is 5.56 Å². The van der Waals surface area contributed by atoms with Crippen LogP contribution in [0.3, 0.4) is 0 Å². The molecule has 1 unspecified atom stereocenters. The Morgan fingerprint density at radius 1 is 1.33 bits per heavy atom. The van der Waals surface area contributed by atoms with E-state index in [0.29, 0.717) is 6.54 Å². The van der Waals surface area contributed by atoms with Crippen LogP contribution >= 0.6 is 11.8 Å². The number of hydrogen-bond acceptors (Lipinski definition) is 5. The van der Waals surface area contributed by atoms with Crippen LogP contribution in [0.4, 0.5) is 0 Å². The average molecular weight is 382 g/mol. The molecule has 1 aliphatic rings. The summed E-state index contributed by atoms with van der Waals surface area (Å²) in [5.74, 6) is 1.05. The van der Waals surface area contributed by atoms with Crippen molar-refractivity contribution in [2.45, 2.75) is 25.3 Å². The molecule has 2 N–H and O–H groups in total. The molecule has 3 heterocycles. The third-order valence-electron chi connectivity index (χ3n) is 4.87.